The summed E-state index contributed by atoms with van der Waals surface area (Å²) < 4.78 is 8.50. The van der Waals surface area contributed by atoms with Gasteiger partial charge in [0.25, 0.3) is 0 Å². The molecule has 0 saturated heterocycles. The van der Waals surface area contributed by atoms with Gasteiger partial charge in [-0.3, -0.25) is 9.55 Å². The van der Waals surface area contributed by atoms with Gasteiger partial charge >= 0.3 is 0 Å². The SMILES string of the molecule is c1ccc(-c2nc(-c3ccccc3)nc(-n3c4ccncc4c4c5oc6ccccc6c5ccc43)n2)cc1. The molecule has 0 bridgehead atoms. The van der Waals surface area contributed by atoms with Crippen molar-refractivity contribution in [1.29, 1.82) is 0 Å². The Kier molecular flexibility index (Phi) is 4.42. The van der Waals surface area contributed by atoms with E-state index in [0.717, 1.165) is 54.9 Å². The summed E-state index contributed by atoms with van der Waals surface area (Å²) >= 11 is 0. The summed E-state index contributed by atoms with van der Waals surface area (Å²) in [6.07, 6.45) is 3.68. The normalized spacial score (nSPS) is 11.7. The van der Waals surface area contributed by atoms with Gasteiger partial charge in [0.15, 0.2) is 11.6 Å². The number of furan rings is 1. The van der Waals surface area contributed by atoms with Crippen LogP contribution in [0.2, 0.25) is 0 Å². The molecule has 38 heavy (non-hydrogen) atoms. The van der Waals surface area contributed by atoms with Crippen molar-refractivity contribution < 1.29 is 4.42 Å². The first-order valence-electron chi connectivity index (χ1n) is 12.4. The standard InChI is InChI=1S/C32H19N5O/c1-3-9-20(10-4-1)30-34-31(21-11-5-2-6-12-21)36-32(35-30)37-25-17-18-33-19-24(25)28-26(37)16-15-23-22-13-7-8-14-27(22)38-29(23)28/h1-19H. The van der Waals surface area contributed by atoms with Crippen molar-refractivity contribution in [3.8, 4) is 28.7 Å². The zero-order chi connectivity index (χ0) is 25.1. The maximum Gasteiger partial charge on any atom is 0.238 e. The highest BCUT2D eigenvalue weighted by atomic mass is 16.3. The molecule has 0 aliphatic rings. The van der Waals surface area contributed by atoms with Crippen LogP contribution in [0, 0.1) is 0 Å². The maximum atomic E-state index is 6.41. The molecule has 8 rings (SSSR count). The van der Waals surface area contributed by atoms with E-state index in [2.05, 4.69) is 27.8 Å². The molecule has 0 aliphatic heterocycles. The number of rotatable bonds is 3. The average molecular weight is 490 g/mol. The van der Waals surface area contributed by atoms with E-state index in [9.17, 15) is 0 Å². The van der Waals surface area contributed by atoms with Crippen LogP contribution >= 0.6 is 0 Å². The largest absolute Gasteiger partial charge is 0.455 e. The minimum Gasteiger partial charge on any atom is -0.455 e. The van der Waals surface area contributed by atoms with Gasteiger partial charge in [0, 0.05) is 39.7 Å². The number of pyridine rings is 1. The summed E-state index contributed by atoms with van der Waals surface area (Å²) in [5, 5.41) is 4.13. The van der Waals surface area contributed by atoms with Crippen LogP contribution in [0.5, 0.6) is 0 Å². The Hall–Kier alpha value is -5.36. The molecule has 178 valence electrons. The number of aromatic nitrogens is 5. The first-order valence-corrected chi connectivity index (χ1v) is 12.4. The molecule has 6 nitrogen and oxygen atoms in total. The lowest BCUT2D eigenvalue weighted by Gasteiger charge is -2.10. The molecule has 0 unspecified atom stereocenters. The van der Waals surface area contributed by atoms with E-state index in [4.69, 9.17) is 19.4 Å². The van der Waals surface area contributed by atoms with Crippen LogP contribution in [0.1, 0.15) is 0 Å². The Morgan fingerprint density at radius 3 is 1.97 bits per heavy atom. The van der Waals surface area contributed by atoms with Crippen molar-refractivity contribution in [1.82, 2.24) is 24.5 Å². The van der Waals surface area contributed by atoms with Gasteiger partial charge in [0.05, 0.1) is 16.4 Å². The second-order valence-corrected chi connectivity index (χ2v) is 9.18. The second kappa shape index (κ2) is 8.08. The smallest absolute Gasteiger partial charge is 0.238 e. The van der Waals surface area contributed by atoms with Crippen LogP contribution in [0.3, 0.4) is 0 Å². The first-order chi connectivity index (χ1) is 18.8. The molecular weight excluding hydrogens is 470 g/mol. The molecule has 4 heterocycles. The molecule has 0 atom stereocenters. The molecule has 0 saturated carbocycles. The first kappa shape index (κ1) is 20.8. The van der Waals surface area contributed by atoms with Gasteiger partial charge in [-0.1, -0.05) is 78.9 Å². The highest BCUT2D eigenvalue weighted by molar-refractivity contribution is 6.23. The van der Waals surface area contributed by atoms with Gasteiger partial charge in [0.2, 0.25) is 5.95 Å². The lowest BCUT2D eigenvalue weighted by molar-refractivity contribution is 0.673. The number of fused-ring (bicyclic) bond motifs is 7. The summed E-state index contributed by atoms with van der Waals surface area (Å²) in [7, 11) is 0. The third-order valence-electron chi connectivity index (χ3n) is 6.96. The van der Waals surface area contributed by atoms with Crippen molar-refractivity contribution >= 4 is 43.7 Å². The molecular formula is C32H19N5O. The Morgan fingerprint density at radius 2 is 1.24 bits per heavy atom. The minimum absolute atomic E-state index is 0.541. The van der Waals surface area contributed by atoms with E-state index in [1.165, 1.54) is 0 Å². The van der Waals surface area contributed by atoms with Crippen molar-refractivity contribution in [2.75, 3.05) is 0 Å². The zero-order valence-corrected chi connectivity index (χ0v) is 20.1. The third kappa shape index (κ3) is 3.07. The highest BCUT2D eigenvalue weighted by Crippen LogP contribution is 2.40. The molecule has 0 N–H and O–H groups in total. The molecule has 0 spiro atoms. The molecule has 4 aromatic heterocycles. The van der Waals surface area contributed by atoms with Crippen LogP contribution in [0.25, 0.3) is 72.5 Å². The van der Waals surface area contributed by atoms with Crippen molar-refractivity contribution in [2.24, 2.45) is 0 Å². The van der Waals surface area contributed by atoms with E-state index in [-0.39, 0.29) is 0 Å². The van der Waals surface area contributed by atoms with Gasteiger partial charge in [-0.2, -0.15) is 9.97 Å². The van der Waals surface area contributed by atoms with Crippen molar-refractivity contribution in [3.05, 3.63) is 116 Å². The molecule has 0 amide bonds. The van der Waals surface area contributed by atoms with Crippen LogP contribution in [0.4, 0.5) is 0 Å². The molecule has 8 aromatic rings. The van der Waals surface area contributed by atoms with Gasteiger partial charge in [-0.05, 0) is 24.3 Å². The maximum absolute atomic E-state index is 6.41. The number of benzene rings is 4. The molecule has 4 aromatic carbocycles. The zero-order valence-electron chi connectivity index (χ0n) is 20.1. The molecule has 0 aliphatic carbocycles. The molecule has 0 radical (unpaired) electrons. The quantitative estimate of drug-likeness (QED) is 0.256. The fourth-order valence-electron chi connectivity index (χ4n) is 5.24. The fourth-order valence-corrected chi connectivity index (χ4v) is 5.24. The number of hydrogen-bond donors (Lipinski definition) is 0. The lowest BCUT2D eigenvalue weighted by Crippen LogP contribution is -2.06. The van der Waals surface area contributed by atoms with Gasteiger partial charge in [-0.15, -0.1) is 0 Å². The lowest BCUT2D eigenvalue weighted by atomic mass is 10.1. The van der Waals surface area contributed by atoms with Crippen molar-refractivity contribution in [2.45, 2.75) is 0 Å². The summed E-state index contributed by atoms with van der Waals surface area (Å²) in [5.41, 5.74) is 5.44. The Balaban J connectivity index is 1.49. The van der Waals surface area contributed by atoms with Crippen LogP contribution in [-0.2, 0) is 0 Å². The summed E-state index contributed by atoms with van der Waals surface area (Å²) in [6.45, 7) is 0. The van der Waals surface area contributed by atoms with E-state index in [1.54, 1.807) is 6.20 Å². The summed E-state index contributed by atoms with van der Waals surface area (Å²) in [6, 6.07) is 34.4. The summed E-state index contributed by atoms with van der Waals surface area (Å²) in [4.78, 5) is 19.3. The topological polar surface area (TPSA) is 69.6 Å². The molecule has 0 fully saturated rings. The predicted molar refractivity (Wildman–Crippen MR) is 150 cm³/mol. The Bertz CT molecular complexity index is 2070. The number of para-hydroxylation sites is 1. The van der Waals surface area contributed by atoms with E-state index in [0.29, 0.717) is 17.6 Å². The molecule has 6 heteroatoms. The van der Waals surface area contributed by atoms with Gasteiger partial charge in [-0.25, -0.2) is 4.98 Å². The Labute approximate surface area is 216 Å². The van der Waals surface area contributed by atoms with E-state index < -0.39 is 0 Å². The monoisotopic (exact) mass is 489 g/mol. The predicted octanol–water partition coefficient (Wildman–Crippen LogP) is 7.60. The average Bonchev–Trinajstić information content (AvgIpc) is 3.53. The minimum atomic E-state index is 0.541. The number of hydrogen-bond acceptors (Lipinski definition) is 5. The fraction of sp³-hybridized carbons (Fsp3) is 0. The number of nitrogens with zero attached hydrogens (tertiary/aromatic N) is 5. The van der Waals surface area contributed by atoms with E-state index >= 15 is 0 Å². The third-order valence-corrected chi connectivity index (χ3v) is 6.96. The van der Waals surface area contributed by atoms with Crippen LogP contribution in [-0.4, -0.2) is 24.5 Å². The van der Waals surface area contributed by atoms with Gasteiger partial charge in [0.1, 0.15) is 11.2 Å². The van der Waals surface area contributed by atoms with Crippen molar-refractivity contribution in [3.63, 3.8) is 0 Å². The van der Waals surface area contributed by atoms with Gasteiger partial charge < -0.3 is 4.42 Å². The van der Waals surface area contributed by atoms with Crippen LogP contribution in [0.15, 0.2) is 120 Å². The summed E-state index contributed by atoms with van der Waals surface area (Å²) in [5.74, 6) is 1.77. The second-order valence-electron chi connectivity index (χ2n) is 9.18. The van der Waals surface area contributed by atoms with E-state index in [1.807, 2.05) is 91.1 Å². The Morgan fingerprint density at radius 1 is 0.553 bits per heavy atom. The highest BCUT2D eigenvalue weighted by Gasteiger charge is 2.21. The van der Waals surface area contributed by atoms with Crippen LogP contribution < -0.4 is 0 Å².